The highest BCUT2D eigenvalue weighted by molar-refractivity contribution is 6.51. The van der Waals surface area contributed by atoms with E-state index in [0.29, 0.717) is 34.1 Å². The Morgan fingerprint density at radius 3 is 2.08 bits per heavy atom. The molecule has 1 fully saturated rings. The molecule has 3 aromatic rings. The lowest BCUT2D eigenvalue weighted by Crippen LogP contribution is -2.29. The number of ketones is 1. The van der Waals surface area contributed by atoms with E-state index in [-0.39, 0.29) is 23.5 Å². The smallest absolute Gasteiger partial charge is 0.300 e. The van der Waals surface area contributed by atoms with Gasteiger partial charge in [-0.3, -0.25) is 14.5 Å². The minimum absolute atomic E-state index is 0.00592. The topological polar surface area (TPSA) is 85.3 Å². The number of hydrogen-bond donors (Lipinski definition) is 1. The van der Waals surface area contributed by atoms with E-state index in [4.69, 9.17) is 14.2 Å². The molecule has 1 aliphatic heterocycles. The van der Waals surface area contributed by atoms with Crippen molar-refractivity contribution in [2.45, 2.75) is 45.9 Å². The number of amides is 1. The molecule has 1 heterocycles. The Morgan fingerprint density at radius 1 is 0.811 bits per heavy atom. The summed E-state index contributed by atoms with van der Waals surface area (Å²) in [5, 5.41) is 11.4. The summed E-state index contributed by atoms with van der Waals surface area (Å²) >= 11 is 0. The first-order valence-electron chi connectivity index (χ1n) is 12.2. The monoisotopic (exact) mass is 501 g/mol. The average molecular weight is 502 g/mol. The van der Waals surface area contributed by atoms with Crippen LogP contribution in [-0.2, 0) is 9.59 Å². The number of aliphatic hydroxyl groups excluding tert-OH is 1. The summed E-state index contributed by atoms with van der Waals surface area (Å²) in [5.74, 6) is -0.0360. The number of carbonyl (C=O) groups excluding carboxylic acids is 2. The number of carbonyl (C=O) groups is 2. The summed E-state index contributed by atoms with van der Waals surface area (Å²) < 4.78 is 16.9. The Labute approximate surface area is 216 Å². The van der Waals surface area contributed by atoms with E-state index in [9.17, 15) is 14.7 Å². The Balaban J connectivity index is 1.88. The van der Waals surface area contributed by atoms with Gasteiger partial charge in [0.25, 0.3) is 11.7 Å². The maximum Gasteiger partial charge on any atom is 0.300 e. The van der Waals surface area contributed by atoms with Crippen LogP contribution in [0.2, 0.25) is 0 Å². The standard InChI is InChI=1S/C30H31NO6/c1-18(2)36-23-14-12-20(13-15-23)27-26(28(32)21-8-6-11-25(16-21)37-19(3)4)29(33)30(34)31(27)22-9-7-10-24(17-22)35-5/h6-19,27,32H,1-5H3/b28-26+. The highest BCUT2D eigenvalue weighted by Gasteiger charge is 2.47. The lowest BCUT2D eigenvalue weighted by atomic mass is 9.95. The molecule has 0 saturated carbocycles. The van der Waals surface area contributed by atoms with E-state index in [2.05, 4.69) is 0 Å². The molecule has 192 valence electrons. The molecule has 1 atom stereocenters. The molecule has 4 rings (SSSR count). The first-order chi connectivity index (χ1) is 17.7. The largest absolute Gasteiger partial charge is 0.507 e. The highest BCUT2D eigenvalue weighted by Crippen LogP contribution is 2.43. The fraction of sp³-hybridized carbons (Fsp3) is 0.267. The molecular weight excluding hydrogens is 470 g/mol. The van der Waals surface area contributed by atoms with Gasteiger partial charge in [0.2, 0.25) is 0 Å². The second-order valence-corrected chi connectivity index (χ2v) is 9.30. The number of hydrogen-bond acceptors (Lipinski definition) is 6. The van der Waals surface area contributed by atoms with Gasteiger partial charge in [-0.1, -0.05) is 30.3 Å². The molecule has 0 aliphatic carbocycles. The predicted molar refractivity (Wildman–Crippen MR) is 142 cm³/mol. The molecule has 0 aromatic heterocycles. The van der Waals surface area contributed by atoms with Crippen LogP contribution in [0.5, 0.6) is 17.2 Å². The van der Waals surface area contributed by atoms with Crippen molar-refractivity contribution in [3.05, 3.63) is 89.5 Å². The number of benzene rings is 3. The Bertz CT molecular complexity index is 1330. The number of rotatable bonds is 8. The molecule has 1 saturated heterocycles. The summed E-state index contributed by atoms with van der Waals surface area (Å²) in [5.41, 5.74) is 1.50. The van der Waals surface area contributed by atoms with Gasteiger partial charge in [-0.15, -0.1) is 0 Å². The number of Topliss-reactive ketones (excluding diaryl/α,β-unsaturated/α-hetero) is 1. The summed E-state index contributed by atoms with van der Waals surface area (Å²) in [4.78, 5) is 28.2. The van der Waals surface area contributed by atoms with Crippen LogP contribution in [0.4, 0.5) is 5.69 Å². The van der Waals surface area contributed by atoms with Crippen LogP contribution < -0.4 is 19.1 Å². The lowest BCUT2D eigenvalue weighted by Gasteiger charge is -2.26. The van der Waals surface area contributed by atoms with E-state index >= 15 is 0 Å². The fourth-order valence-electron chi connectivity index (χ4n) is 4.32. The molecule has 37 heavy (non-hydrogen) atoms. The SMILES string of the molecule is COc1cccc(N2C(=O)C(=O)/C(=C(/O)c3cccc(OC(C)C)c3)C2c2ccc(OC(C)C)cc2)c1. The normalized spacial score (nSPS) is 16.9. The third-order valence-corrected chi connectivity index (χ3v) is 5.82. The lowest BCUT2D eigenvalue weighted by molar-refractivity contribution is -0.132. The van der Waals surface area contributed by atoms with E-state index in [1.165, 1.54) is 12.0 Å². The van der Waals surface area contributed by atoms with Crippen molar-refractivity contribution < 1.29 is 28.9 Å². The molecular formula is C30H31NO6. The molecule has 0 radical (unpaired) electrons. The van der Waals surface area contributed by atoms with Crippen molar-refractivity contribution >= 4 is 23.1 Å². The van der Waals surface area contributed by atoms with Gasteiger partial charge in [0.05, 0.1) is 30.9 Å². The minimum Gasteiger partial charge on any atom is -0.507 e. The van der Waals surface area contributed by atoms with Crippen LogP contribution in [0.15, 0.2) is 78.4 Å². The van der Waals surface area contributed by atoms with Crippen molar-refractivity contribution in [2.24, 2.45) is 0 Å². The molecule has 0 bridgehead atoms. The van der Waals surface area contributed by atoms with E-state index in [1.807, 2.05) is 27.7 Å². The Morgan fingerprint density at radius 2 is 1.43 bits per heavy atom. The van der Waals surface area contributed by atoms with E-state index in [1.54, 1.807) is 72.8 Å². The predicted octanol–water partition coefficient (Wildman–Crippen LogP) is 5.90. The number of ether oxygens (including phenoxy) is 3. The summed E-state index contributed by atoms with van der Waals surface area (Å²) in [6.07, 6.45) is -0.0730. The van der Waals surface area contributed by atoms with Crippen molar-refractivity contribution in [3.63, 3.8) is 0 Å². The quantitative estimate of drug-likeness (QED) is 0.235. The van der Waals surface area contributed by atoms with Gasteiger partial charge >= 0.3 is 0 Å². The first kappa shape index (κ1) is 25.8. The van der Waals surface area contributed by atoms with Gasteiger partial charge in [-0.25, -0.2) is 0 Å². The van der Waals surface area contributed by atoms with E-state index < -0.39 is 17.7 Å². The maximum absolute atomic E-state index is 13.4. The molecule has 1 N–H and O–H groups in total. The molecule has 1 unspecified atom stereocenters. The van der Waals surface area contributed by atoms with Crippen molar-refractivity contribution in [1.29, 1.82) is 0 Å². The molecule has 7 heteroatoms. The zero-order valence-corrected chi connectivity index (χ0v) is 21.6. The zero-order valence-electron chi connectivity index (χ0n) is 21.6. The van der Waals surface area contributed by atoms with Gasteiger partial charge in [0.15, 0.2) is 0 Å². The van der Waals surface area contributed by atoms with E-state index in [0.717, 1.165) is 0 Å². The van der Waals surface area contributed by atoms with Crippen molar-refractivity contribution in [3.8, 4) is 17.2 Å². The van der Waals surface area contributed by atoms with Crippen LogP contribution in [0.25, 0.3) is 5.76 Å². The number of methoxy groups -OCH3 is 1. The molecule has 1 amide bonds. The second kappa shape index (κ2) is 10.8. The third kappa shape index (κ3) is 5.45. The maximum atomic E-state index is 13.4. The Kier molecular flexibility index (Phi) is 7.53. The van der Waals surface area contributed by atoms with Gasteiger partial charge in [-0.05, 0) is 69.7 Å². The average Bonchev–Trinajstić information content (AvgIpc) is 3.13. The van der Waals surface area contributed by atoms with Gasteiger partial charge < -0.3 is 19.3 Å². The number of anilines is 1. The van der Waals surface area contributed by atoms with Crippen LogP contribution in [0.1, 0.15) is 44.9 Å². The summed E-state index contributed by atoms with van der Waals surface area (Å²) in [6.45, 7) is 7.67. The Hall–Kier alpha value is -4.26. The molecule has 1 aliphatic rings. The van der Waals surface area contributed by atoms with Gasteiger partial charge in [0.1, 0.15) is 23.0 Å². The zero-order chi connectivity index (χ0) is 26.7. The third-order valence-electron chi connectivity index (χ3n) is 5.82. The summed E-state index contributed by atoms with van der Waals surface area (Å²) in [6, 6.07) is 20.1. The van der Waals surface area contributed by atoms with Gasteiger partial charge in [0, 0.05) is 17.3 Å². The number of aliphatic hydroxyl groups is 1. The molecule has 7 nitrogen and oxygen atoms in total. The van der Waals surface area contributed by atoms with Crippen molar-refractivity contribution in [1.82, 2.24) is 0 Å². The van der Waals surface area contributed by atoms with Crippen LogP contribution in [0.3, 0.4) is 0 Å². The fourth-order valence-corrected chi connectivity index (χ4v) is 4.32. The van der Waals surface area contributed by atoms with Crippen molar-refractivity contribution in [2.75, 3.05) is 12.0 Å². The molecule has 3 aromatic carbocycles. The highest BCUT2D eigenvalue weighted by atomic mass is 16.5. The van der Waals surface area contributed by atoms with Crippen LogP contribution >= 0.6 is 0 Å². The van der Waals surface area contributed by atoms with Gasteiger partial charge in [-0.2, -0.15) is 0 Å². The minimum atomic E-state index is -0.866. The second-order valence-electron chi connectivity index (χ2n) is 9.30. The van der Waals surface area contributed by atoms with Crippen LogP contribution in [0, 0.1) is 0 Å². The summed E-state index contributed by atoms with van der Waals surface area (Å²) in [7, 11) is 1.53. The molecule has 0 spiro atoms. The number of nitrogens with zero attached hydrogens (tertiary/aromatic N) is 1. The first-order valence-corrected chi connectivity index (χ1v) is 12.2. The van der Waals surface area contributed by atoms with Crippen LogP contribution in [-0.4, -0.2) is 36.1 Å².